The third-order valence-corrected chi connectivity index (χ3v) is 4.62. The number of nitrogens with zero attached hydrogens (tertiary/aromatic N) is 2. The van der Waals surface area contributed by atoms with Gasteiger partial charge in [-0.1, -0.05) is 18.2 Å². The Bertz CT molecular complexity index is 836. The summed E-state index contributed by atoms with van der Waals surface area (Å²) >= 11 is 0. The van der Waals surface area contributed by atoms with Crippen LogP contribution in [0.3, 0.4) is 0 Å². The zero-order valence-electron chi connectivity index (χ0n) is 14.0. The zero-order chi connectivity index (χ0) is 17.1. The molecule has 1 aromatic carbocycles. The predicted molar refractivity (Wildman–Crippen MR) is 93.2 cm³/mol. The Balaban J connectivity index is 1.86. The standard InChI is InChI=1S/C19H21N3O2/c1-13-17(16-7-3-4-8-18(16)22(13)2)10-14(11-20)19(23)21-12-15-6-5-9-24-15/h3-4,7-8,10,15H,5-6,9,12H2,1-2H3,(H,21,23). The number of fused-ring (bicyclic) bond motifs is 1. The van der Waals surface area contributed by atoms with Crippen LogP contribution in [0.15, 0.2) is 29.8 Å². The van der Waals surface area contributed by atoms with Crippen LogP contribution in [0.1, 0.15) is 24.1 Å². The molecule has 1 fully saturated rings. The minimum absolute atomic E-state index is 0.0631. The largest absolute Gasteiger partial charge is 0.376 e. The molecule has 1 aliphatic heterocycles. The Hall–Kier alpha value is -2.58. The summed E-state index contributed by atoms with van der Waals surface area (Å²) < 4.78 is 7.56. The molecule has 5 heteroatoms. The Kier molecular flexibility index (Phi) is 4.68. The first kappa shape index (κ1) is 16.3. The number of nitrogens with one attached hydrogen (secondary N) is 1. The van der Waals surface area contributed by atoms with Gasteiger partial charge in [0, 0.05) is 42.4 Å². The number of aryl methyl sites for hydroxylation is 1. The van der Waals surface area contributed by atoms with E-state index in [1.54, 1.807) is 6.08 Å². The van der Waals surface area contributed by atoms with E-state index in [1.807, 2.05) is 44.3 Å². The van der Waals surface area contributed by atoms with Crippen molar-refractivity contribution in [3.05, 3.63) is 41.1 Å². The Morgan fingerprint density at radius 1 is 1.50 bits per heavy atom. The van der Waals surface area contributed by atoms with Crippen molar-refractivity contribution in [2.45, 2.75) is 25.9 Å². The average Bonchev–Trinajstić information content (AvgIpc) is 3.20. The van der Waals surface area contributed by atoms with Crippen LogP contribution in [0.25, 0.3) is 17.0 Å². The summed E-state index contributed by atoms with van der Waals surface area (Å²) in [5.41, 5.74) is 3.14. The summed E-state index contributed by atoms with van der Waals surface area (Å²) in [5, 5.41) is 13.3. The average molecular weight is 323 g/mol. The zero-order valence-corrected chi connectivity index (χ0v) is 14.0. The van der Waals surface area contributed by atoms with E-state index in [-0.39, 0.29) is 17.6 Å². The number of benzene rings is 1. The summed E-state index contributed by atoms with van der Waals surface area (Å²) in [6.07, 6.45) is 3.72. The molecule has 0 aliphatic carbocycles. The molecule has 124 valence electrons. The van der Waals surface area contributed by atoms with Crippen molar-refractivity contribution < 1.29 is 9.53 Å². The fourth-order valence-corrected chi connectivity index (χ4v) is 3.13. The first-order chi connectivity index (χ1) is 11.6. The van der Waals surface area contributed by atoms with Crippen molar-refractivity contribution in [3.8, 4) is 6.07 Å². The van der Waals surface area contributed by atoms with Crippen molar-refractivity contribution in [1.29, 1.82) is 5.26 Å². The quantitative estimate of drug-likeness (QED) is 0.695. The van der Waals surface area contributed by atoms with Gasteiger partial charge in [0.1, 0.15) is 11.6 Å². The second kappa shape index (κ2) is 6.90. The Labute approximate surface area is 141 Å². The van der Waals surface area contributed by atoms with E-state index < -0.39 is 0 Å². The second-order valence-electron chi connectivity index (χ2n) is 6.09. The van der Waals surface area contributed by atoms with Crippen molar-refractivity contribution in [2.75, 3.05) is 13.2 Å². The molecule has 2 heterocycles. The molecule has 0 spiro atoms. The summed E-state index contributed by atoms with van der Waals surface area (Å²) in [5.74, 6) is -0.347. The highest BCUT2D eigenvalue weighted by molar-refractivity contribution is 6.04. The summed E-state index contributed by atoms with van der Waals surface area (Å²) in [6, 6.07) is 10.0. The molecule has 24 heavy (non-hydrogen) atoms. The molecule has 3 rings (SSSR count). The number of para-hydroxylation sites is 1. The number of rotatable bonds is 4. The van der Waals surface area contributed by atoms with Crippen LogP contribution < -0.4 is 5.32 Å². The molecule has 2 aromatic rings. The maximum absolute atomic E-state index is 12.3. The van der Waals surface area contributed by atoms with Gasteiger partial charge in [-0.2, -0.15) is 5.26 Å². The van der Waals surface area contributed by atoms with Crippen molar-refractivity contribution in [1.82, 2.24) is 9.88 Å². The van der Waals surface area contributed by atoms with E-state index in [0.29, 0.717) is 6.54 Å². The highest BCUT2D eigenvalue weighted by Gasteiger charge is 2.18. The molecule has 0 bridgehead atoms. The van der Waals surface area contributed by atoms with E-state index in [2.05, 4.69) is 9.88 Å². The predicted octanol–water partition coefficient (Wildman–Crippen LogP) is 2.69. The lowest BCUT2D eigenvalue weighted by molar-refractivity contribution is -0.117. The van der Waals surface area contributed by atoms with Crippen molar-refractivity contribution >= 4 is 22.9 Å². The van der Waals surface area contributed by atoms with E-state index in [9.17, 15) is 10.1 Å². The maximum atomic E-state index is 12.3. The van der Waals surface area contributed by atoms with Gasteiger partial charge in [0.25, 0.3) is 5.91 Å². The monoisotopic (exact) mass is 323 g/mol. The summed E-state index contributed by atoms with van der Waals surface area (Å²) in [7, 11) is 1.98. The van der Waals surface area contributed by atoms with E-state index >= 15 is 0 Å². The molecule has 1 unspecified atom stereocenters. The van der Waals surface area contributed by atoms with E-state index in [4.69, 9.17) is 4.74 Å². The SMILES string of the molecule is Cc1c(C=C(C#N)C(=O)NCC2CCCO2)c2ccccc2n1C. The van der Waals surface area contributed by atoms with Gasteiger partial charge in [0.2, 0.25) is 0 Å². The van der Waals surface area contributed by atoms with Crippen LogP contribution in [0.5, 0.6) is 0 Å². The van der Waals surface area contributed by atoms with Gasteiger partial charge in [0.15, 0.2) is 0 Å². The molecule has 1 saturated heterocycles. The highest BCUT2D eigenvalue weighted by atomic mass is 16.5. The van der Waals surface area contributed by atoms with Crippen molar-refractivity contribution in [2.24, 2.45) is 7.05 Å². The van der Waals surface area contributed by atoms with Crippen molar-refractivity contribution in [3.63, 3.8) is 0 Å². The highest BCUT2D eigenvalue weighted by Crippen LogP contribution is 2.26. The minimum atomic E-state index is -0.347. The topological polar surface area (TPSA) is 67.1 Å². The molecule has 5 nitrogen and oxygen atoms in total. The molecule has 1 N–H and O–H groups in total. The van der Waals surface area contributed by atoms with Gasteiger partial charge in [-0.15, -0.1) is 0 Å². The Morgan fingerprint density at radius 3 is 3.00 bits per heavy atom. The summed E-state index contributed by atoms with van der Waals surface area (Å²) in [4.78, 5) is 12.3. The van der Waals surface area contributed by atoms with Crippen LogP contribution in [0, 0.1) is 18.3 Å². The molecule has 0 radical (unpaired) electrons. The van der Waals surface area contributed by atoms with Crippen LogP contribution in [-0.4, -0.2) is 29.7 Å². The number of nitriles is 1. The van der Waals surface area contributed by atoms with Crippen LogP contribution >= 0.6 is 0 Å². The molecule has 1 atom stereocenters. The number of carbonyl (C=O) groups excluding carboxylic acids is 1. The normalized spacial score (nSPS) is 17.9. The van der Waals surface area contributed by atoms with Crippen LogP contribution in [-0.2, 0) is 16.6 Å². The number of hydrogen-bond donors (Lipinski definition) is 1. The number of ether oxygens (including phenoxy) is 1. The third-order valence-electron chi connectivity index (χ3n) is 4.62. The van der Waals surface area contributed by atoms with Gasteiger partial charge < -0.3 is 14.6 Å². The first-order valence-electron chi connectivity index (χ1n) is 8.17. The fourth-order valence-electron chi connectivity index (χ4n) is 3.13. The second-order valence-corrected chi connectivity index (χ2v) is 6.09. The van der Waals surface area contributed by atoms with E-state index in [0.717, 1.165) is 41.6 Å². The smallest absolute Gasteiger partial charge is 0.262 e. The molecule has 0 saturated carbocycles. The molecular formula is C19H21N3O2. The Morgan fingerprint density at radius 2 is 2.29 bits per heavy atom. The van der Waals surface area contributed by atoms with Gasteiger partial charge in [-0.3, -0.25) is 4.79 Å². The van der Waals surface area contributed by atoms with Gasteiger partial charge in [-0.05, 0) is 31.9 Å². The lowest BCUT2D eigenvalue weighted by atomic mass is 10.1. The molecule has 1 amide bonds. The third kappa shape index (κ3) is 3.06. The van der Waals surface area contributed by atoms with Gasteiger partial charge in [0.05, 0.1) is 6.10 Å². The summed E-state index contributed by atoms with van der Waals surface area (Å²) in [6.45, 7) is 3.19. The number of hydrogen-bond acceptors (Lipinski definition) is 3. The minimum Gasteiger partial charge on any atom is -0.376 e. The maximum Gasteiger partial charge on any atom is 0.262 e. The lowest BCUT2D eigenvalue weighted by Crippen LogP contribution is -2.32. The molecule has 1 aliphatic rings. The number of aromatic nitrogens is 1. The van der Waals surface area contributed by atoms with Gasteiger partial charge >= 0.3 is 0 Å². The van der Waals surface area contributed by atoms with Crippen LogP contribution in [0.4, 0.5) is 0 Å². The number of amides is 1. The number of carbonyl (C=O) groups is 1. The first-order valence-corrected chi connectivity index (χ1v) is 8.17. The van der Waals surface area contributed by atoms with E-state index in [1.165, 1.54) is 0 Å². The fraction of sp³-hybridized carbons (Fsp3) is 0.368. The van der Waals surface area contributed by atoms with Crippen LogP contribution in [0.2, 0.25) is 0 Å². The molecule has 1 aromatic heterocycles. The molecular weight excluding hydrogens is 302 g/mol. The van der Waals surface area contributed by atoms with Gasteiger partial charge in [-0.25, -0.2) is 0 Å². The lowest BCUT2D eigenvalue weighted by Gasteiger charge is -2.10.